The molecule has 0 radical (unpaired) electrons. The maximum atomic E-state index is 13.3. The number of hydrogen-bond acceptors (Lipinski definition) is 3. The molecule has 0 saturated carbocycles. The predicted molar refractivity (Wildman–Crippen MR) is 103 cm³/mol. The quantitative estimate of drug-likeness (QED) is 0.620. The Morgan fingerprint density at radius 3 is 2.41 bits per heavy atom. The van der Waals surface area contributed by atoms with Gasteiger partial charge in [0.15, 0.2) is 11.4 Å². The van der Waals surface area contributed by atoms with Crippen LogP contribution in [0.4, 0.5) is 26.3 Å². The van der Waals surface area contributed by atoms with Crippen molar-refractivity contribution < 1.29 is 31.1 Å². The second-order valence-corrected chi connectivity index (χ2v) is 8.19. The molecular weight excluding hydrogens is 440 g/mol. The van der Waals surface area contributed by atoms with Crippen molar-refractivity contribution in [2.45, 2.75) is 71.4 Å². The molecule has 0 saturated heterocycles. The van der Waals surface area contributed by atoms with E-state index in [4.69, 9.17) is 0 Å². The average Bonchev–Trinajstić information content (AvgIpc) is 3.36. The zero-order valence-corrected chi connectivity index (χ0v) is 17.9. The van der Waals surface area contributed by atoms with Gasteiger partial charge in [-0.1, -0.05) is 13.8 Å². The van der Waals surface area contributed by atoms with Gasteiger partial charge in [-0.2, -0.15) is 36.5 Å². The maximum Gasteiger partial charge on any atom is 0.435 e. The van der Waals surface area contributed by atoms with Crippen LogP contribution in [0.5, 0.6) is 0 Å². The molecule has 1 N–H and O–H groups in total. The Labute approximate surface area is 181 Å². The number of aryl methyl sites for hydroxylation is 1. The molecule has 0 spiro atoms. The molecule has 12 heteroatoms. The van der Waals surface area contributed by atoms with E-state index in [2.05, 4.69) is 15.5 Å². The molecule has 1 aliphatic carbocycles. The minimum absolute atomic E-state index is 0.131. The number of carbonyl (C=O) groups excluding carboxylic acids is 1. The Bertz CT molecular complexity index is 975. The summed E-state index contributed by atoms with van der Waals surface area (Å²) in [5.41, 5.74) is -0.968. The summed E-state index contributed by atoms with van der Waals surface area (Å²) in [6.45, 7) is 5.22. The number of amides is 1. The van der Waals surface area contributed by atoms with Gasteiger partial charge in [0.25, 0.3) is 0 Å². The minimum atomic E-state index is -4.58. The number of aromatic nitrogens is 4. The van der Waals surface area contributed by atoms with Crippen molar-refractivity contribution >= 4 is 5.91 Å². The van der Waals surface area contributed by atoms with Crippen molar-refractivity contribution in [3.05, 3.63) is 34.4 Å². The van der Waals surface area contributed by atoms with Crippen LogP contribution < -0.4 is 5.32 Å². The SMILES string of the molecule is CC[C@@H](C(=O)NC[C@H](C)Cn1nc(C(F)(F)F)cc1C)n1nc(C(F)(F)F)c2c1CCC2. The van der Waals surface area contributed by atoms with Gasteiger partial charge in [-0.25, -0.2) is 0 Å². The first-order chi connectivity index (χ1) is 14.8. The molecule has 0 aromatic carbocycles. The number of alkyl halides is 6. The van der Waals surface area contributed by atoms with Gasteiger partial charge >= 0.3 is 12.4 Å². The van der Waals surface area contributed by atoms with Gasteiger partial charge in [0.1, 0.15) is 6.04 Å². The summed E-state index contributed by atoms with van der Waals surface area (Å²) >= 11 is 0. The summed E-state index contributed by atoms with van der Waals surface area (Å²) < 4.78 is 80.9. The summed E-state index contributed by atoms with van der Waals surface area (Å²) in [6, 6.07) is 0.0583. The molecule has 6 nitrogen and oxygen atoms in total. The molecule has 1 amide bonds. The van der Waals surface area contributed by atoms with Gasteiger partial charge in [0.2, 0.25) is 5.91 Å². The van der Waals surface area contributed by atoms with Crippen LogP contribution >= 0.6 is 0 Å². The molecule has 0 fully saturated rings. The number of rotatable bonds is 7. The van der Waals surface area contributed by atoms with E-state index in [1.54, 1.807) is 13.8 Å². The lowest BCUT2D eigenvalue weighted by Crippen LogP contribution is -2.37. The van der Waals surface area contributed by atoms with Crippen molar-refractivity contribution in [3.8, 4) is 0 Å². The van der Waals surface area contributed by atoms with Crippen molar-refractivity contribution in [1.29, 1.82) is 0 Å². The third-order valence-corrected chi connectivity index (χ3v) is 5.59. The number of carbonyl (C=O) groups is 1. The Kier molecular flexibility index (Phi) is 6.62. The van der Waals surface area contributed by atoms with Crippen molar-refractivity contribution in [2.75, 3.05) is 6.54 Å². The van der Waals surface area contributed by atoms with Crippen LogP contribution in [0.2, 0.25) is 0 Å². The first-order valence-electron chi connectivity index (χ1n) is 10.4. The van der Waals surface area contributed by atoms with E-state index < -0.39 is 35.7 Å². The van der Waals surface area contributed by atoms with Crippen LogP contribution in [-0.4, -0.2) is 32.0 Å². The molecular formula is C20H25F6N5O. The van der Waals surface area contributed by atoms with E-state index in [-0.39, 0.29) is 37.4 Å². The Hall–Kier alpha value is -2.53. The highest BCUT2D eigenvalue weighted by molar-refractivity contribution is 5.80. The summed E-state index contributed by atoms with van der Waals surface area (Å²) in [6.07, 6.45) is -7.59. The van der Waals surface area contributed by atoms with Crippen LogP contribution in [0, 0.1) is 12.8 Å². The molecule has 2 aromatic rings. The van der Waals surface area contributed by atoms with Crippen LogP contribution in [0.15, 0.2) is 6.07 Å². The van der Waals surface area contributed by atoms with E-state index in [1.807, 2.05) is 0 Å². The summed E-state index contributed by atoms with van der Waals surface area (Å²) in [7, 11) is 0. The zero-order chi connectivity index (χ0) is 23.8. The fourth-order valence-electron chi connectivity index (χ4n) is 4.01. The number of fused-ring (bicyclic) bond motifs is 1. The molecule has 2 heterocycles. The van der Waals surface area contributed by atoms with Crippen LogP contribution in [0.3, 0.4) is 0 Å². The van der Waals surface area contributed by atoms with Crippen molar-refractivity contribution in [3.63, 3.8) is 0 Å². The Morgan fingerprint density at radius 1 is 1.16 bits per heavy atom. The predicted octanol–water partition coefficient (Wildman–Crippen LogP) is 4.32. The lowest BCUT2D eigenvalue weighted by Gasteiger charge is -2.20. The highest BCUT2D eigenvalue weighted by Crippen LogP contribution is 2.38. The van der Waals surface area contributed by atoms with E-state index in [0.717, 1.165) is 6.07 Å². The molecule has 0 bridgehead atoms. The second kappa shape index (κ2) is 8.78. The fourth-order valence-corrected chi connectivity index (χ4v) is 4.01. The second-order valence-electron chi connectivity index (χ2n) is 8.19. The van der Waals surface area contributed by atoms with Crippen LogP contribution in [0.1, 0.15) is 61.1 Å². The third-order valence-electron chi connectivity index (χ3n) is 5.59. The number of halogens is 6. The number of nitrogens with zero attached hydrogens (tertiary/aromatic N) is 4. The Morgan fingerprint density at radius 2 is 1.84 bits per heavy atom. The number of hydrogen-bond donors (Lipinski definition) is 1. The first kappa shape index (κ1) is 24.1. The summed E-state index contributed by atoms with van der Waals surface area (Å²) in [5, 5.41) is 10.0. The van der Waals surface area contributed by atoms with E-state index in [1.165, 1.54) is 16.3 Å². The zero-order valence-electron chi connectivity index (χ0n) is 17.9. The Balaban J connectivity index is 1.67. The molecule has 2 atom stereocenters. The molecule has 3 rings (SSSR count). The van der Waals surface area contributed by atoms with Gasteiger partial charge in [0, 0.05) is 30.0 Å². The summed E-state index contributed by atoms with van der Waals surface area (Å²) in [4.78, 5) is 12.8. The summed E-state index contributed by atoms with van der Waals surface area (Å²) in [5.74, 6) is -0.733. The topological polar surface area (TPSA) is 64.7 Å². The van der Waals surface area contributed by atoms with Crippen LogP contribution in [0.25, 0.3) is 0 Å². The monoisotopic (exact) mass is 465 g/mol. The molecule has 0 aliphatic heterocycles. The van der Waals surface area contributed by atoms with Gasteiger partial charge < -0.3 is 5.32 Å². The van der Waals surface area contributed by atoms with Gasteiger partial charge in [0.05, 0.1) is 0 Å². The highest BCUT2D eigenvalue weighted by atomic mass is 19.4. The smallest absolute Gasteiger partial charge is 0.354 e. The largest absolute Gasteiger partial charge is 0.435 e. The van der Waals surface area contributed by atoms with E-state index >= 15 is 0 Å². The average molecular weight is 465 g/mol. The lowest BCUT2D eigenvalue weighted by atomic mass is 10.1. The fraction of sp³-hybridized carbons (Fsp3) is 0.650. The standard InChI is InChI=1S/C20H25F6N5O/c1-4-14(31-15-7-5-6-13(15)17(29-31)20(24,25)26)18(32)27-9-11(2)10-30-12(3)8-16(28-30)19(21,22)23/h8,11,14H,4-7,9-10H2,1-3H3,(H,27,32)/t11-,14-/m0/s1. The molecule has 178 valence electrons. The van der Waals surface area contributed by atoms with Crippen molar-refractivity contribution in [1.82, 2.24) is 24.9 Å². The highest BCUT2D eigenvalue weighted by Gasteiger charge is 2.41. The molecule has 2 aromatic heterocycles. The minimum Gasteiger partial charge on any atom is -0.354 e. The first-order valence-corrected chi connectivity index (χ1v) is 10.4. The van der Waals surface area contributed by atoms with Gasteiger partial charge in [-0.3, -0.25) is 14.2 Å². The normalized spacial score (nSPS) is 16.2. The van der Waals surface area contributed by atoms with Crippen molar-refractivity contribution in [2.24, 2.45) is 5.92 Å². The van der Waals surface area contributed by atoms with E-state index in [0.29, 0.717) is 24.2 Å². The maximum absolute atomic E-state index is 13.3. The van der Waals surface area contributed by atoms with Gasteiger partial charge in [-0.05, 0) is 44.6 Å². The van der Waals surface area contributed by atoms with Gasteiger partial charge in [-0.15, -0.1) is 0 Å². The molecule has 0 unspecified atom stereocenters. The van der Waals surface area contributed by atoms with Crippen LogP contribution in [-0.2, 0) is 36.5 Å². The third kappa shape index (κ3) is 4.93. The van der Waals surface area contributed by atoms with E-state index in [9.17, 15) is 31.1 Å². The number of nitrogens with one attached hydrogen (secondary N) is 1. The molecule has 32 heavy (non-hydrogen) atoms. The molecule has 1 aliphatic rings. The lowest BCUT2D eigenvalue weighted by molar-refractivity contribution is -0.143.